The van der Waals surface area contributed by atoms with Crippen molar-refractivity contribution in [1.82, 2.24) is 4.90 Å². The first kappa shape index (κ1) is 27.0. The summed E-state index contributed by atoms with van der Waals surface area (Å²) in [5, 5.41) is 24.0. The Morgan fingerprint density at radius 3 is 2.67 bits per heavy atom. The summed E-state index contributed by atoms with van der Waals surface area (Å²) >= 11 is 13.6. The van der Waals surface area contributed by atoms with Gasteiger partial charge in [0.1, 0.15) is 11.5 Å². The van der Waals surface area contributed by atoms with Gasteiger partial charge in [-0.05, 0) is 55.8 Å². The van der Waals surface area contributed by atoms with Crippen LogP contribution in [-0.2, 0) is 9.53 Å². The highest BCUT2D eigenvalue weighted by atomic mass is 35.5. The summed E-state index contributed by atoms with van der Waals surface area (Å²) in [4.78, 5) is 30.4. The molecule has 12 heteroatoms. The topological polar surface area (TPSA) is 118 Å². The number of thioether (sulfide) groups is 1. The highest BCUT2D eigenvalue weighted by Gasteiger charge is 2.45. The number of nitrogens with zero attached hydrogens (tertiary/aromatic N) is 3. The van der Waals surface area contributed by atoms with Crippen molar-refractivity contribution in [2.45, 2.75) is 26.1 Å². The summed E-state index contributed by atoms with van der Waals surface area (Å²) in [5.41, 5.74) is 1.80. The minimum Gasteiger partial charge on any atom is -0.463 e. The van der Waals surface area contributed by atoms with E-state index in [0.717, 1.165) is 5.56 Å². The number of amidine groups is 1. The number of non-ortho nitro benzene ring substituents is 1. The van der Waals surface area contributed by atoms with E-state index < -0.39 is 23.2 Å². The number of rotatable bonds is 6. The number of nitro groups is 1. The summed E-state index contributed by atoms with van der Waals surface area (Å²) in [5.74, 6) is 0.217. The standard InChI is InChI=1S/C27H21Cl2N3O6S/c1-3-37-26(34)23-14(2)30-27-31(24(23)15-4-6-16(28)7-5-15)25(33)22(39-27)13-18-9-11-21(38-18)19-12-17(32(35)36)8-10-20(19)29/h4-13,24-25,33H,3H2,1-2H3. The number of ether oxygens (including phenoxy) is 1. The summed E-state index contributed by atoms with van der Waals surface area (Å²) < 4.78 is 11.2. The van der Waals surface area contributed by atoms with Crippen molar-refractivity contribution < 1.29 is 24.0 Å². The van der Waals surface area contributed by atoms with Crippen LogP contribution in [-0.4, -0.2) is 38.9 Å². The smallest absolute Gasteiger partial charge is 0.338 e. The van der Waals surface area contributed by atoms with Crippen LogP contribution < -0.4 is 0 Å². The molecule has 1 N–H and O–H groups in total. The van der Waals surface area contributed by atoms with Gasteiger partial charge in [-0.3, -0.25) is 10.1 Å². The second-order valence-electron chi connectivity index (χ2n) is 8.62. The fourth-order valence-corrected chi connectivity index (χ4v) is 5.84. The summed E-state index contributed by atoms with van der Waals surface area (Å²) in [6, 6.07) is 13.8. The van der Waals surface area contributed by atoms with Gasteiger partial charge in [0.15, 0.2) is 11.4 Å². The zero-order valence-electron chi connectivity index (χ0n) is 20.6. The van der Waals surface area contributed by atoms with Crippen molar-refractivity contribution in [3.05, 3.63) is 102 Å². The molecule has 0 saturated carbocycles. The first-order valence-corrected chi connectivity index (χ1v) is 13.4. The lowest BCUT2D eigenvalue weighted by atomic mass is 9.94. The SMILES string of the molecule is CCOC(=O)C1=C(C)N=C2SC(=Cc3ccc(-c4cc([N+](=O)[O-])ccc4Cl)o3)C(O)N2C1c1ccc(Cl)cc1. The molecule has 9 nitrogen and oxygen atoms in total. The third kappa shape index (κ3) is 5.20. The second-order valence-corrected chi connectivity index (χ2v) is 10.5. The van der Waals surface area contributed by atoms with Crippen molar-refractivity contribution >= 4 is 57.9 Å². The van der Waals surface area contributed by atoms with Crippen LogP contribution in [0.5, 0.6) is 0 Å². The van der Waals surface area contributed by atoms with Crippen LogP contribution in [0.2, 0.25) is 10.0 Å². The number of aliphatic hydroxyl groups excluding tert-OH is 1. The Hall–Kier alpha value is -3.57. The van der Waals surface area contributed by atoms with E-state index in [4.69, 9.17) is 32.4 Å². The van der Waals surface area contributed by atoms with Gasteiger partial charge < -0.3 is 19.2 Å². The Kier molecular flexibility index (Phi) is 7.55. The molecule has 1 aromatic heterocycles. The molecule has 0 bridgehead atoms. The van der Waals surface area contributed by atoms with Gasteiger partial charge >= 0.3 is 5.97 Å². The van der Waals surface area contributed by atoms with E-state index in [2.05, 4.69) is 4.99 Å². The van der Waals surface area contributed by atoms with E-state index >= 15 is 0 Å². The lowest BCUT2D eigenvalue weighted by molar-refractivity contribution is -0.384. The molecule has 2 aliphatic rings. The Balaban J connectivity index is 1.51. The first-order valence-electron chi connectivity index (χ1n) is 11.8. The number of furan rings is 1. The maximum atomic E-state index is 13.0. The fourth-order valence-electron chi connectivity index (χ4n) is 4.40. The number of carbonyl (C=O) groups excluding carboxylic acids is 1. The number of fused-ring (bicyclic) bond motifs is 1. The number of benzene rings is 2. The zero-order valence-corrected chi connectivity index (χ0v) is 23.0. The first-order chi connectivity index (χ1) is 18.7. The normalized spacial score (nSPS) is 19.8. The fraction of sp³-hybridized carbons (Fsp3) is 0.185. The van der Waals surface area contributed by atoms with Crippen molar-refractivity contribution in [1.29, 1.82) is 0 Å². The largest absolute Gasteiger partial charge is 0.463 e. The lowest BCUT2D eigenvalue weighted by Gasteiger charge is -2.36. The van der Waals surface area contributed by atoms with Gasteiger partial charge in [0.25, 0.3) is 5.69 Å². The molecular formula is C27H21Cl2N3O6S. The quantitative estimate of drug-likeness (QED) is 0.190. The van der Waals surface area contributed by atoms with Crippen LogP contribution in [0.4, 0.5) is 5.69 Å². The number of hydrogen-bond acceptors (Lipinski definition) is 9. The van der Waals surface area contributed by atoms with Crippen molar-refractivity contribution in [2.75, 3.05) is 6.61 Å². The Morgan fingerprint density at radius 2 is 1.97 bits per heavy atom. The molecular weight excluding hydrogens is 565 g/mol. The molecule has 0 amide bonds. The Morgan fingerprint density at radius 1 is 1.23 bits per heavy atom. The van der Waals surface area contributed by atoms with Crippen LogP contribution in [0.25, 0.3) is 17.4 Å². The maximum Gasteiger partial charge on any atom is 0.338 e. The van der Waals surface area contributed by atoms with Gasteiger partial charge in [-0.25, -0.2) is 9.79 Å². The molecule has 1 saturated heterocycles. The van der Waals surface area contributed by atoms with Crippen LogP contribution in [0.3, 0.4) is 0 Å². The van der Waals surface area contributed by atoms with E-state index in [9.17, 15) is 20.0 Å². The minimum atomic E-state index is -1.15. The lowest BCUT2D eigenvalue weighted by Crippen LogP contribution is -2.41. The third-order valence-corrected chi connectivity index (χ3v) is 7.80. The number of aliphatic hydroxyl groups is 1. The van der Waals surface area contributed by atoms with E-state index in [1.807, 2.05) is 0 Å². The molecule has 200 valence electrons. The van der Waals surface area contributed by atoms with E-state index in [1.165, 1.54) is 30.0 Å². The van der Waals surface area contributed by atoms with Crippen molar-refractivity contribution in [3.63, 3.8) is 0 Å². The van der Waals surface area contributed by atoms with Crippen LogP contribution >= 0.6 is 35.0 Å². The summed E-state index contributed by atoms with van der Waals surface area (Å²) in [6.45, 7) is 3.65. The van der Waals surface area contributed by atoms with Crippen LogP contribution in [0, 0.1) is 10.1 Å². The minimum absolute atomic E-state index is 0.115. The van der Waals surface area contributed by atoms with Crippen LogP contribution in [0.1, 0.15) is 31.2 Å². The molecule has 1 fully saturated rings. The van der Waals surface area contributed by atoms with Gasteiger partial charge in [0.2, 0.25) is 0 Å². The molecule has 2 unspecified atom stereocenters. The van der Waals surface area contributed by atoms with Gasteiger partial charge in [-0.1, -0.05) is 47.1 Å². The number of carbonyl (C=O) groups is 1. The number of nitro benzene ring substituents is 1. The molecule has 39 heavy (non-hydrogen) atoms. The Labute approximate surface area is 237 Å². The molecule has 0 spiro atoms. The van der Waals surface area contributed by atoms with Gasteiger partial charge in [0, 0.05) is 27.6 Å². The van der Waals surface area contributed by atoms with Gasteiger partial charge in [0.05, 0.1) is 33.9 Å². The van der Waals surface area contributed by atoms with E-state index in [0.29, 0.717) is 48.5 Å². The number of hydrogen-bond donors (Lipinski definition) is 1. The van der Waals surface area contributed by atoms with Crippen LogP contribution in [0.15, 0.2) is 80.2 Å². The molecule has 2 atom stereocenters. The predicted octanol–water partition coefficient (Wildman–Crippen LogP) is 6.82. The summed E-state index contributed by atoms with van der Waals surface area (Å²) in [7, 11) is 0. The predicted molar refractivity (Wildman–Crippen MR) is 150 cm³/mol. The number of allylic oxidation sites excluding steroid dienone is 1. The summed E-state index contributed by atoms with van der Waals surface area (Å²) in [6.07, 6.45) is 0.505. The highest BCUT2D eigenvalue weighted by molar-refractivity contribution is 8.17. The number of aliphatic imine (C=N–C) groups is 1. The van der Waals surface area contributed by atoms with Crippen molar-refractivity contribution in [2.24, 2.45) is 4.99 Å². The molecule has 0 radical (unpaired) electrons. The third-order valence-electron chi connectivity index (χ3n) is 6.17. The molecule has 2 aromatic carbocycles. The molecule has 3 aromatic rings. The molecule has 5 rings (SSSR count). The van der Waals surface area contributed by atoms with Crippen molar-refractivity contribution in [3.8, 4) is 11.3 Å². The number of halogens is 2. The average molecular weight is 586 g/mol. The molecule has 2 aliphatic heterocycles. The Bertz CT molecular complexity index is 1560. The molecule has 0 aliphatic carbocycles. The second kappa shape index (κ2) is 10.9. The highest BCUT2D eigenvalue weighted by Crippen LogP contribution is 2.47. The number of esters is 1. The maximum absolute atomic E-state index is 13.0. The van der Waals surface area contributed by atoms with Gasteiger partial charge in [-0.15, -0.1) is 0 Å². The monoisotopic (exact) mass is 585 g/mol. The van der Waals surface area contributed by atoms with Gasteiger partial charge in [-0.2, -0.15) is 0 Å². The zero-order chi connectivity index (χ0) is 27.8. The van der Waals surface area contributed by atoms with E-state index in [1.54, 1.807) is 61.2 Å². The van der Waals surface area contributed by atoms with E-state index in [-0.39, 0.29) is 12.3 Å². The molecule has 3 heterocycles. The average Bonchev–Trinajstić information content (AvgIpc) is 3.48.